The van der Waals surface area contributed by atoms with Crippen molar-refractivity contribution in [1.82, 2.24) is 0 Å². The lowest BCUT2D eigenvalue weighted by atomic mass is 9.78. The summed E-state index contributed by atoms with van der Waals surface area (Å²) in [5, 5.41) is -0.0356. The van der Waals surface area contributed by atoms with Gasteiger partial charge in [-0.1, -0.05) is 11.6 Å². The molecule has 0 amide bonds. The molecule has 21 heavy (non-hydrogen) atoms. The smallest absolute Gasteiger partial charge is 0.465 e. The van der Waals surface area contributed by atoms with Gasteiger partial charge in [0.1, 0.15) is 11.4 Å². The normalized spacial score (nSPS) is 19.7. The molecule has 7 heteroatoms. The number of methoxy groups -OCH3 is 1. The summed E-state index contributed by atoms with van der Waals surface area (Å²) in [7, 11) is 0.425. The van der Waals surface area contributed by atoms with Gasteiger partial charge in [0.2, 0.25) is 0 Å². The molecule has 0 aromatic heterocycles. The zero-order valence-electron chi connectivity index (χ0n) is 12.6. The van der Waals surface area contributed by atoms with Gasteiger partial charge in [0.15, 0.2) is 0 Å². The van der Waals surface area contributed by atoms with E-state index < -0.39 is 30.1 Å². The quantitative estimate of drug-likeness (QED) is 0.622. The molecule has 1 aromatic carbocycles. The lowest BCUT2D eigenvalue weighted by molar-refractivity contribution is 0.00578. The Balaban J connectivity index is 2.38. The second kappa shape index (κ2) is 5.27. The highest BCUT2D eigenvalue weighted by atomic mass is 35.5. The van der Waals surface area contributed by atoms with Crippen molar-refractivity contribution in [2.24, 2.45) is 0 Å². The van der Waals surface area contributed by atoms with Crippen molar-refractivity contribution in [2.75, 3.05) is 7.11 Å². The lowest BCUT2D eigenvalue weighted by Gasteiger charge is -2.32. The third kappa shape index (κ3) is 2.80. The number of carbonyl (C=O) groups excluding carboxylic acids is 1. The van der Waals surface area contributed by atoms with E-state index in [4.69, 9.17) is 20.9 Å². The Morgan fingerprint density at radius 3 is 2.19 bits per heavy atom. The van der Waals surface area contributed by atoms with Crippen LogP contribution >= 0.6 is 11.6 Å². The highest BCUT2D eigenvalue weighted by molar-refractivity contribution is 6.62. The molecule has 1 aliphatic rings. The Kier molecular flexibility index (Phi) is 4.08. The summed E-state index contributed by atoms with van der Waals surface area (Å²) in [5.41, 5.74) is -0.952. The predicted octanol–water partition coefficient (Wildman–Crippen LogP) is 2.56. The second-order valence-electron chi connectivity index (χ2n) is 5.94. The first-order valence-electron chi connectivity index (χ1n) is 6.52. The van der Waals surface area contributed by atoms with Crippen LogP contribution in [0.2, 0.25) is 5.02 Å². The Hall–Kier alpha value is -1.11. The van der Waals surface area contributed by atoms with Crippen molar-refractivity contribution >= 4 is 30.2 Å². The van der Waals surface area contributed by atoms with Crippen LogP contribution in [0.1, 0.15) is 38.1 Å². The van der Waals surface area contributed by atoms with E-state index in [0.29, 0.717) is 5.46 Å². The van der Waals surface area contributed by atoms with Gasteiger partial charge >= 0.3 is 13.1 Å². The number of benzene rings is 1. The first-order chi connectivity index (χ1) is 9.59. The van der Waals surface area contributed by atoms with Gasteiger partial charge in [0, 0.05) is 0 Å². The topological polar surface area (TPSA) is 44.8 Å². The maximum Gasteiger partial charge on any atom is 0.494 e. The van der Waals surface area contributed by atoms with Crippen LogP contribution in [0.4, 0.5) is 4.39 Å². The fraction of sp³-hybridized carbons (Fsp3) is 0.500. The molecule has 1 fully saturated rings. The van der Waals surface area contributed by atoms with Crippen LogP contribution in [0.25, 0.3) is 0 Å². The fourth-order valence-electron chi connectivity index (χ4n) is 2.01. The van der Waals surface area contributed by atoms with Gasteiger partial charge in [-0.15, -0.1) is 0 Å². The van der Waals surface area contributed by atoms with Gasteiger partial charge in [-0.25, -0.2) is 9.18 Å². The number of ether oxygens (including phenoxy) is 1. The maximum atomic E-state index is 14.1. The molecule has 1 saturated heterocycles. The van der Waals surface area contributed by atoms with Gasteiger partial charge in [-0.3, -0.25) is 0 Å². The van der Waals surface area contributed by atoms with Crippen molar-refractivity contribution in [3.63, 3.8) is 0 Å². The minimum Gasteiger partial charge on any atom is -0.465 e. The van der Waals surface area contributed by atoms with Gasteiger partial charge in [0.25, 0.3) is 0 Å². The molecule has 0 atom stereocenters. The molecular formula is C14H17BClFO4. The zero-order chi connectivity index (χ0) is 16.0. The van der Waals surface area contributed by atoms with Crippen molar-refractivity contribution < 1.29 is 23.2 Å². The molecule has 0 N–H and O–H groups in total. The number of esters is 1. The molecule has 0 unspecified atom stereocenters. The van der Waals surface area contributed by atoms with Crippen LogP contribution in [0.15, 0.2) is 12.1 Å². The fourth-order valence-corrected chi connectivity index (χ4v) is 2.30. The Labute approximate surface area is 128 Å². The van der Waals surface area contributed by atoms with E-state index >= 15 is 0 Å². The highest BCUT2D eigenvalue weighted by Gasteiger charge is 2.52. The lowest BCUT2D eigenvalue weighted by Crippen LogP contribution is -2.41. The molecule has 4 nitrogen and oxygen atoms in total. The first kappa shape index (κ1) is 16.3. The van der Waals surface area contributed by atoms with Crippen molar-refractivity contribution in [3.8, 4) is 0 Å². The van der Waals surface area contributed by atoms with Crippen molar-refractivity contribution in [2.45, 2.75) is 38.9 Å². The van der Waals surface area contributed by atoms with Gasteiger partial charge in [-0.2, -0.15) is 0 Å². The standard InChI is InChI=1S/C14H17BClFO4/c1-13(2)14(3,4)21-15(20-13)8-6-9(16)11(10(17)7-8)12(18)19-5/h6-7H,1-5H3. The molecule has 1 heterocycles. The third-order valence-electron chi connectivity index (χ3n) is 3.98. The highest BCUT2D eigenvalue weighted by Crippen LogP contribution is 2.36. The number of carbonyl (C=O) groups is 1. The van der Waals surface area contributed by atoms with E-state index in [1.807, 2.05) is 27.7 Å². The van der Waals surface area contributed by atoms with Crippen molar-refractivity contribution in [1.29, 1.82) is 0 Å². The van der Waals surface area contributed by atoms with Crippen LogP contribution in [-0.4, -0.2) is 31.4 Å². The second-order valence-corrected chi connectivity index (χ2v) is 6.35. The monoisotopic (exact) mass is 314 g/mol. The van der Waals surface area contributed by atoms with Crippen LogP contribution < -0.4 is 5.46 Å². The molecule has 0 radical (unpaired) electrons. The Morgan fingerprint density at radius 2 is 1.76 bits per heavy atom. The van der Waals surface area contributed by atoms with Gasteiger partial charge in [-0.05, 0) is 45.3 Å². The summed E-state index contributed by atoms with van der Waals surface area (Å²) >= 11 is 5.98. The summed E-state index contributed by atoms with van der Waals surface area (Å²) in [4.78, 5) is 11.5. The molecular weight excluding hydrogens is 297 g/mol. The molecule has 0 spiro atoms. The summed E-state index contributed by atoms with van der Waals surface area (Å²) < 4.78 is 30.2. The molecule has 0 saturated carbocycles. The number of halogens is 2. The van der Waals surface area contributed by atoms with Crippen LogP contribution in [0.3, 0.4) is 0 Å². The molecule has 0 bridgehead atoms. The minimum absolute atomic E-state index is 0.0356. The minimum atomic E-state index is -0.821. The number of hydrogen-bond acceptors (Lipinski definition) is 4. The average Bonchev–Trinajstić information content (AvgIpc) is 2.57. The molecule has 1 aliphatic heterocycles. The summed E-state index contributed by atoms with van der Waals surface area (Å²) in [6, 6.07) is 2.64. The summed E-state index contributed by atoms with van der Waals surface area (Å²) in [6.45, 7) is 7.59. The number of rotatable bonds is 2. The molecule has 0 aliphatic carbocycles. The van der Waals surface area contributed by atoms with Crippen molar-refractivity contribution in [3.05, 3.63) is 28.5 Å². The van der Waals surface area contributed by atoms with E-state index in [0.717, 1.165) is 0 Å². The largest absolute Gasteiger partial charge is 0.494 e. The van der Waals surface area contributed by atoms with Crippen LogP contribution in [0, 0.1) is 5.82 Å². The summed E-state index contributed by atoms with van der Waals surface area (Å²) in [6.07, 6.45) is 0. The van der Waals surface area contributed by atoms with E-state index in [-0.39, 0.29) is 10.6 Å². The predicted molar refractivity (Wildman–Crippen MR) is 78.5 cm³/mol. The average molecular weight is 315 g/mol. The molecule has 1 aromatic rings. The van der Waals surface area contributed by atoms with E-state index in [2.05, 4.69) is 4.74 Å². The SMILES string of the molecule is COC(=O)c1c(F)cc(B2OC(C)(C)C(C)(C)O2)cc1Cl. The van der Waals surface area contributed by atoms with Crippen LogP contribution in [0.5, 0.6) is 0 Å². The summed E-state index contributed by atoms with van der Waals surface area (Å²) in [5.74, 6) is -1.59. The molecule has 114 valence electrons. The van der Waals surface area contributed by atoms with Gasteiger partial charge in [0.05, 0.1) is 23.3 Å². The van der Waals surface area contributed by atoms with E-state index in [9.17, 15) is 9.18 Å². The Morgan fingerprint density at radius 1 is 1.24 bits per heavy atom. The maximum absolute atomic E-state index is 14.1. The molecule has 2 rings (SSSR count). The van der Waals surface area contributed by atoms with Gasteiger partial charge < -0.3 is 14.0 Å². The zero-order valence-corrected chi connectivity index (χ0v) is 13.4. The van der Waals surface area contributed by atoms with E-state index in [1.165, 1.54) is 19.2 Å². The third-order valence-corrected chi connectivity index (χ3v) is 4.28. The first-order valence-corrected chi connectivity index (χ1v) is 6.90. The van der Waals surface area contributed by atoms with E-state index in [1.54, 1.807) is 0 Å². The van der Waals surface area contributed by atoms with Crippen LogP contribution in [-0.2, 0) is 14.0 Å². The number of hydrogen-bond donors (Lipinski definition) is 0. The Bertz CT molecular complexity index is 549.